The monoisotopic (exact) mass is 180 g/mol. The molecular weight excluding hydrogens is 168 g/mol. The summed E-state index contributed by atoms with van der Waals surface area (Å²) >= 11 is 0. The molecule has 3 unspecified atom stereocenters. The van der Waals surface area contributed by atoms with Crippen molar-refractivity contribution in [1.29, 1.82) is 0 Å². The second-order valence-corrected chi connectivity index (χ2v) is 4.29. The van der Waals surface area contributed by atoms with Crippen LogP contribution in [0.5, 0.6) is 0 Å². The molecule has 13 heavy (non-hydrogen) atoms. The smallest absolute Gasteiger partial charge is 0.309 e. The van der Waals surface area contributed by atoms with Gasteiger partial charge in [-0.05, 0) is 25.2 Å². The number of carbonyl (C=O) groups excluding carboxylic acids is 2. The van der Waals surface area contributed by atoms with Crippen molar-refractivity contribution in [3.05, 3.63) is 0 Å². The molecular formula is C10H12O3. The fourth-order valence-corrected chi connectivity index (χ4v) is 3.40. The lowest BCUT2D eigenvalue weighted by Gasteiger charge is -2.11. The maximum absolute atomic E-state index is 11.5. The van der Waals surface area contributed by atoms with Crippen molar-refractivity contribution in [3.63, 3.8) is 0 Å². The van der Waals surface area contributed by atoms with E-state index >= 15 is 0 Å². The Hall–Kier alpha value is -0.860. The summed E-state index contributed by atoms with van der Waals surface area (Å²) in [4.78, 5) is 23.0. The molecule has 0 heterocycles. The van der Waals surface area contributed by atoms with E-state index < -0.39 is 0 Å². The molecule has 4 saturated carbocycles. The van der Waals surface area contributed by atoms with Gasteiger partial charge in [-0.15, -0.1) is 0 Å². The van der Waals surface area contributed by atoms with Gasteiger partial charge in [0.2, 0.25) is 0 Å². The van der Waals surface area contributed by atoms with Gasteiger partial charge in [-0.2, -0.15) is 0 Å². The van der Waals surface area contributed by atoms with E-state index in [-0.39, 0.29) is 23.7 Å². The molecule has 0 aromatic carbocycles. The summed E-state index contributed by atoms with van der Waals surface area (Å²) in [5.41, 5.74) is 0. The maximum atomic E-state index is 11.5. The molecule has 0 aliphatic heterocycles. The number of rotatable bonds is 2. The van der Waals surface area contributed by atoms with E-state index in [1.807, 2.05) is 6.92 Å². The molecule has 0 aromatic heterocycles. The predicted octanol–water partition coefficient (Wildman–Crippen LogP) is 0.631. The third-order valence-electron chi connectivity index (χ3n) is 3.86. The lowest BCUT2D eigenvalue weighted by molar-refractivity contribution is -0.150. The molecule has 4 aliphatic carbocycles. The minimum Gasteiger partial charge on any atom is -0.466 e. The van der Waals surface area contributed by atoms with E-state index in [9.17, 15) is 9.59 Å². The van der Waals surface area contributed by atoms with Crippen LogP contribution in [0.1, 0.15) is 13.3 Å². The fourth-order valence-electron chi connectivity index (χ4n) is 3.40. The summed E-state index contributed by atoms with van der Waals surface area (Å²) in [5.74, 6) is 1.34. The van der Waals surface area contributed by atoms with Crippen molar-refractivity contribution in [3.8, 4) is 0 Å². The molecule has 0 saturated heterocycles. The molecule has 5 atom stereocenters. The van der Waals surface area contributed by atoms with Crippen molar-refractivity contribution in [2.24, 2.45) is 29.6 Å². The number of hydrogen-bond acceptors (Lipinski definition) is 3. The Kier molecular flexibility index (Phi) is 1.24. The largest absolute Gasteiger partial charge is 0.466 e. The van der Waals surface area contributed by atoms with E-state index in [1.54, 1.807) is 0 Å². The van der Waals surface area contributed by atoms with Crippen LogP contribution in [0.25, 0.3) is 0 Å². The van der Waals surface area contributed by atoms with Gasteiger partial charge in [0, 0.05) is 11.8 Å². The first-order valence-electron chi connectivity index (χ1n) is 4.96. The molecule has 0 N–H and O–H groups in total. The summed E-state index contributed by atoms with van der Waals surface area (Å²) in [6.07, 6.45) is 0.956. The lowest BCUT2D eigenvalue weighted by atomic mass is 9.98. The maximum Gasteiger partial charge on any atom is 0.309 e. The highest BCUT2D eigenvalue weighted by atomic mass is 16.5. The molecule has 70 valence electrons. The summed E-state index contributed by atoms with van der Waals surface area (Å²) < 4.78 is 4.98. The predicted molar refractivity (Wildman–Crippen MR) is 43.7 cm³/mol. The van der Waals surface area contributed by atoms with Crippen molar-refractivity contribution < 1.29 is 14.3 Å². The van der Waals surface area contributed by atoms with Gasteiger partial charge in [0.15, 0.2) is 0 Å². The standard InChI is InChI=1S/C10H12O3/c1-2-13-10(12)8-5-3-4-6(8)7(4)9(5)11/h4-8H,2-3H2,1H3/t4?,5-,6?,7?,8+/m1/s1. The number of Topliss-reactive ketones (excluding diaryl/α,β-unsaturated/α-hetero) is 1. The highest BCUT2D eigenvalue weighted by Gasteiger charge is 2.75. The first-order chi connectivity index (χ1) is 6.25. The number of hydrogen-bond donors (Lipinski definition) is 0. The second kappa shape index (κ2) is 2.14. The van der Waals surface area contributed by atoms with E-state index in [1.165, 1.54) is 0 Å². The zero-order chi connectivity index (χ0) is 9.16. The van der Waals surface area contributed by atoms with Gasteiger partial charge < -0.3 is 4.74 Å². The summed E-state index contributed by atoms with van der Waals surface area (Å²) in [6.45, 7) is 2.24. The van der Waals surface area contributed by atoms with Crippen molar-refractivity contribution >= 4 is 11.8 Å². The normalized spacial score (nSPS) is 49.6. The Morgan fingerprint density at radius 1 is 1.62 bits per heavy atom. The quantitative estimate of drug-likeness (QED) is 0.585. The Morgan fingerprint density at radius 3 is 2.77 bits per heavy atom. The van der Waals surface area contributed by atoms with Gasteiger partial charge in [-0.25, -0.2) is 0 Å². The summed E-state index contributed by atoms with van der Waals surface area (Å²) in [7, 11) is 0. The Morgan fingerprint density at radius 2 is 2.38 bits per heavy atom. The van der Waals surface area contributed by atoms with Gasteiger partial charge in [-0.3, -0.25) is 9.59 Å². The zero-order valence-corrected chi connectivity index (χ0v) is 7.53. The highest BCUT2D eigenvalue weighted by molar-refractivity contribution is 5.98. The topological polar surface area (TPSA) is 43.4 Å². The van der Waals surface area contributed by atoms with Crippen molar-refractivity contribution in [2.75, 3.05) is 6.61 Å². The van der Waals surface area contributed by atoms with Crippen molar-refractivity contribution in [2.45, 2.75) is 13.3 Å². The Labute approximate surface area is 76.4 Å². The molecule has 0 amide bonds. The Balaban J connectivity index is 1.82. The third-order valence-corrected chi connectivity index (χ3v) is 3.86. The van der Waals surface area contributed by atoms with Crippen LogP contribution in [0.15, 0.2) is 0 Å². The molecule has 0 radical (unpaired) electrons. The second-order valence-electron chi connectivity index (χ2n) is 4.29. The SMILES string of the molecule is CCOC(=O)[C@@H]1C2C3C[C@H]1C(=O)C32. The molecule has 4 bridgehead atoms. The number of ether oxygens (including phenoxy) is 1. The first-order valence-corrected chi connectivity index (χ1v) is 4.96. The van der Waals surface area contributed by atoms with Crippen LogP contribution in [0.4, 0.5) is 0 Å². The number of carbonyl (C=O) groups is 2. The zero-order valence-electron chi connectivity index (χ0n) is 7.53. The van der Waals surface area contributed by atoms with Crippen LogP contribution >= 0.6 is 0 Å². The average molecular weight is 180 g/mol. The van der Waals surface area contributed by atoms with E-state index in [0.29, 0.717) is 24.2 Å². The number of ketones is 1. The van der Waals surface area contributed by atoms with E-state index in [4.69, 9.17) is 4.74 Å². The van der Waals surface area contributed by atoms with Gasteiger partial charge in [-0.1, -0.05) is 0 Å². The molecule has 0 spiro atoms. The summed E-state index contributed by atoms with van der Waals surface area (Å²) in [6, 6.07) is 0. The van der Waals surface area contributed by atoms with Crippen LogP contribution in [-0.4, -0.2) is 18.4 Å². The van der Waals surface area contributed by atoms with Gasteiger partial charge in [0.25, 0.3) is 0 Å². The van der Waals surface area contributed by atoms with Crippen LogP contribution in [0, 0.1) is 29.6 Å². The average Bonchev–Trinajstić information content (AvgIpc) is 2.40. The third kappa shape index (κ3) is 0.713. The first kappa shape index (κ1) is 7.54. The van der Waals surface area contributed by atoms with Crippen LogP contribution in [0.2, 0.25) is 0 Å². The molecule has 3 nitrogen and oxygen atoms in total. The molecule has 0 aromatic rings. The van der Waals surface area contributed by atoms with Crippen LogP contribution < -0.4 is 0 Å². The van der Waals surface area contributed by atoms with Crippen LogP contribution in [-0.2, 0) is 14.3 Å². The van der Waals surface area contributed by atoms with Gasteiger partial charge in [0.1, 0.15) is 5.78 Å². The van der Waals surface area contributed by atoms with E-state index in [0.717, 1.165) is 6.42 Å². The number of esters is 1. The minimum absolute atomic E-state index is 0.0269. The molecule has 4 rings (SSSR count). The molecule has 4 aliphatic rings. The van der Waals surface area contributed by atoms with Crippen molar-refractivity contribution in [1.82, 2.24) is 0 Å². The lowest BCUT2D eigenvalue weighted by Crippen LogP contribution is -2.23. The summed E-state index contributed by atoms with van der Waals surface area (Å²) in [5, 5.41) is 0. The molecule has 4 fully saturated rings. The minimum atomic E-state index is -0.131. The van der Waals surface area contributed by atoms with E-state index in [2.05, 4.69) is 0 Å². The van der Waals surface area contributed by atoms with Gasteiger partial charge in [0.05, 0.1) is 12.5 Å². The Bertz CT molecular complexity index is 297. The fraction of sp³-hybridized carbons (Fsp3) is 0.800. The van der Waals surface area contributed by atoms with Gasteiger partial charge >= 0.3 is 5.97 Å². The molecule has 3 heteroatoms. The highest BCUT2D eigenvalue weighted by Crippen LogP contribution is 2.71. The van der Waals surface area contributed by atoms with Crippen LogP contribution in [0.3, 0.4) is 0 Å².